The van der Waals surface area contributed by atoms with E-state index in [4.69, 9.17) is 5.53 Å². The van der Waals surface area contributed by atoms with Gasteiger partial charge in [-0.05, 0) is 53.1 Å². The highest BCUT2D eigenvalue weighted by atomic mass is 127. The first kappa shape index (κ1) is 23.6. The van der Waals surface area contributed by atoms with Crippen molar-refractivity contribution in [2.75, 3.05) is 19.6 Å². The Balaban J connectivity index is 1.47. The predicted molar refractivity (Wildman–Crippen MR) is 119 cm³/mol. The smallest absolute Gasteiger partial charge is 0.257 e. The number of hydrogen-bond donors (Lipinski definition) is 5. The third-order valence-corrected chi connectivity index (χ3v) is 5.94. The molecule has 14 heteroatoms. The van der Waals surface area contributed by atoms with Gasteiger partial charge in [0.15, 0.2) is 0 Å². The fourth-order valence-corrected chi connectivity index (χ4v) is 4.04. The van der Waals surface area contributed by atoms with Gasteiger partial charge in [-0.15, -0.1) is 0 Å². The molecule has 0 aromatic heterocycles. The van der Waals surface area contributed by atoms with Crippen LogP contribution in [-0.4, -0.2) is 65.4 Å². The lowest BCUT2D eigenvalue weighted by Gasteiger charge is -2.16. The van der Waals surface area contributed by atoms with E-state index in [0.717, 1.165) is 0 Å². The molecule has 2 aliphatic heterocycles. The second-order valence-corrected chi connectivity index (χ2v) is 8.50. The normalized spacial score (nSPS) is 19.9. The van der Waals surface area contributed by atoms with Crippen molar-refractivity contribution < 1.29 is 24.3 Å². The van der Waals surface area contributed by atoms with E-state index < -0.39 is 23.8 Å². The van der Waals surface area contributed by atoms with Crippen LogP contribution < -0.4 is 21.5 Å². The number of phenols is 1. The zero-order valence-corrected chi connectivity index (χ0v) is 19.0. The number of amides is 4. The number of aromatic hydroxyl groups is 1. The highest BCUT2D eigenvalue weighted by molar-refractivity contribution is 14.1. The van der Waals surface area contributed by atoms with Crippen LogP contribution in [0.5, 0.6) is 5.75 Å². The van der Waals surface area contributed by atoms with Crippen LogP contribution in [0, 0.1) is 3.57 Å². The van der Waals surface area contributed by atoms with E-state index in [2.05, 4.69) is 31.5 Å². The van der Waals surface area contributed by atoms with E-state index in [1.54, 1.807) is 0 Å². The molecule has 1 aromatic carbocycles. The number of nitrogens with zero attached hydrogens (tertiary/aromatic N) is 4. The molecule has 2 aliphatic rings. The van der Waals surface area contributed by atoms with Gasteiger partial charge in [-0.2, -0.15) is 0 Å². The third kappa shape index (κ3) is 5.77. The molecule has 0 radical (unpaired) electrons. The number of likely N-dealkylation sites (tertiary alicyclic amines) is 1. The average molecular weight is 556 g/mol. The maximum absolute atomic E-state index is 12.5. The summed E-state index contributed by atoms with van der Waals surface area (Å²) in [6.07, 6.45) is 1.41. The van der Waals surface area contributed by atoms with Crippen LogP contribution in [0.15, 0.2) is 17.2 Å². The molecule has 170 valence electrons. The molecule has 0 bridgehead atoms. The minimum Gasteiger partial charge on any atom is -0.507 e. The third-order valence-electron chi connectivity index (χ3n) is 5.08. The Morgan fingerprint density at radius 3 is 2.81 bits per heavy atom. The van der Waals surface area contributed by atoms with Crippen LogP contribution in [0.4, 0.5) is 5.69 Å². The maximum atomic E-state index is 12.5. The second kappa shape index (κ2) is 10.5. The molecule has 5 N–H and O–H groups in total. The Labute approximate surface area is 196 Å². The van der Waals surface area contributed by atoms with Crippen molar-refractivity contribution >= 4 is 51.9 Å². The quantitative estimate of drug-likeness (QED) is 0.109. The number of carbonyl (C=O) groups is 4. The fraction of sp³-hybridized carbons (Fsp3) is 0.444. The molecule has 0 spiro atoms. The van der Waals surface area contributed by atoms with Crippen molar-refractivity contribution in [3.8, 4) is 5.75 Å². The Morgan fingerprint density at radius 2 is 2.12 bits per heavy atom. The minimum absolute atomic E-state index is 0.0166. The summed E-state index contributed by atoms with van der Waals surface area (Å²) in [5, 5.41) is 19.2. The number of carbonyl (C=O) groups excluding carboxylic acids is 4. The molecule has 2 atom stereocenters. The van der Waals surface area contributed by atoms with Crippen molar-refractivity contribution in [3.05, 3.63) is 31.7 Å². The number of hydrogen-bond acceptors (Lipinski definition) is 7. The lowest BCUT2D eigenvalue weighted by atomic mass is 10.1. The van der Waals surface area contributed by atoms with Crippen molar-refractivity contribution in [3.63, 3.8) is 0 Å². The number of azide groups is 1. The van der Waals surface area contributed by atoms with Crippen molar-refractivity contribution in [2.45, 2.75) is 31.3 Å². The summed E-state index contributed by atoms with van der Waals surface area (Å²) in [5.41, 5.74) is 13.4. The Hall–Kier alpha value is -3.10. The van der Waals surface area contributed by atoms with Crippen molar-refractivity contribution in [1.82, 2.24) is 26.4 Å². The number of halogens is 1. The second-order valence-electron chi connectivity index (χ2n) is 7.33. The molecular weight excluding hydrogens is 535 g/mol. The first-order chi connectivity index (χ1) is 15.3. The number of rotatable bonds is 6. The van der Waals surface area contributed by atoms with Gasteiger partial charge in [-0.1, -0.05) is 5.11 Å². The molecule has 32 heavy (non-hydrogen) atoms. The van der Waals surface area contributed by atoms with Crippen molar-refractivity contribution in [1.29, 1.82) is 0 Å². The molecule has 2 heterocycles. The van der Waals surface area contributed by atoms with E-state index in [-0.39, 0.29) is 41.9 Å². The fourth-order valence-electron chi connectivity index (χ4n) is 3.47. The first-order valence-electron chi connectivity index (χ1n) is 9.76. The summed E-state index contributed by atoms with van der Waals surface area (Å²) in [5.74, 6) is -1.92. The lowest BCUT2D eigenvalue weighted by molar-refractivity contribution is -0.134. The van der Waals surface area contributed by atoms with Gasteiger partial charge in [0.25, 0.3) is 17.7 Å². The van der Waals surface area contributed by atoms with Gasteiger partial charge < -0.3 is 20.6 Å². The molecule has 3 rings (SSSR count). The molecule has 0 aliphatic carbocycles. The van der Waals surface area contributed by atoms with E-state index in [9.17, 15) is 24.3 Å². The number of benzene rings is 1. The monoisotopic (exact) mass is 556 g/mol. The van der Waals surface area contributed by atoms with Gasteiger partial charge in [0.05, 0.1) is 17.3 Å². The molecule has 2 fully saturated rings. The molecule has 13 nitrogen and oxygen atoms in total. The number of phenolic OH excluding ortho intramolecular Hbond substituents is 1. The summed E-state index contributed by atoms with van der Waals surface area (Å²) >= 11 is 1.89. The Bertz CT molecular complexity index is 996. The summed E-state index contributed by atoms with van der Waals surface area (Å²) in [4.78, 5) is 52.4. The van der Waals surface area contributed by atoms with Crippen LogP contribution in [-0.2, 0) is 14.4 Å². The van der Waals surface area contributed by atoms with Gasteiger partial charge in [0, 0.05) is 34.0 Å². The van der Waals surface area contributed by atoms with E-state index in [1.807, 2.05) is 22.6 Å². The van der Waals surface area contributed by atoms with E-state index in [1.165, 1.54) is 17.0 Å². The highest BCUT2D eigenvalue weighted by Crippen LogP contribution is 2.30. The van der Waals surface area contributed by atoms with Crippen LogP contribution in [0.25, 0.3) is 10.4 Å². The molecule has 2 saturated heterocycles. The Kier molecular flexibility index (Phi) is 7.71. The van der Waals surface area contributed by atoms with Gasteiger partial charge in [0.1, 0.15) is 12.3 Å². The molecule has 0 unspecified atom stereocenters. The molecule has 0 saturated carbocycles. The highest BCUT2D eigenvalue weighted by Gasteiger charge is 2.31. The first-order valence-corrected chi connectivity index (χ1v) is 10.8. The maximum Gasteiger partial charge on any atom is 0.257 e. The lowest BCUT2D eigenvalue weighted by Crippen LogP contribution is -2.51. The minimum atomic E-state index is -0.643. The van der Waals surface area contributed by atoms with Crippen LogP contribution >= 0.6 is 22.6 Å². The van der Waals surface area contributed by atoms with E-state index >= 15 is 0 Å². The average Bonchev–Trinajstić information content (AvgIpc) is 3.38. The van der Waals surface area contributed by atoms with Crippen LogP contribution in [0.3, 0.4) is 0 Å². The summed E-state index contributed by atoms with van der Waals surface area (Å²) in [6.45, 7) is 0.722. The van der Waals surface area contributed by atoms with Gasteiger partial charge in [0.2, 0.25) is 5.91 Å². The summed E-state index contributed by atoms with van der Waals surface area (Å²) in [6, 6.07) is 1.58. The van der Waals surface area contributed by atoms with Crippen molar-refractivity contribution in [2.24, 2.45) is 5.11 Å². The predicted octanol–water partition coefficient (Wildman–Crippen LogP) is 0.169. The van der Waals surface area contributed by atoms with E-state index in [0.29, 0.717) is 29.5 Å². The standard InChI is InChI=1S/C18H21IN8O5/c19-11-5-10(14(28)6-12(11)23-26-20)17(31)22-9-4-13(21-7-9)18(32)25-24-15(29)8-27-3-1-2-16(27)30/h5-6,9,13,21,28H,1-4,7-8H2,(H,22,31)(H,24,29)(H,25,32)/t9-,13-/m0/s1. The summed E-state index contributed by atoms with van der Waals surface area (Å²) in [7, 11) is 0. The van der Waals surface area contributed by atoms with Gasteiger partial charge in [-0.3, -0.25) is 30.0 Å². The molecular formula is C18H21IN8O5. The zero-order chi connectivity index (χ0) is 23.3. The zero-order valence-electron chi connectivity index (χ0n) is 16.8. The molecule has 1 aromatic rings. The SMILES string of the molecule is [N-]=[N+]=Nc1cc(O)c(C(=O)N[C@@H]2CN[C@H](C(=O)NNC(=O)CN3CCCC3=O)C2)cc1I. The Morgan fingerprint density at radius 1 is 1.34 bits per heavy atom. The van der Waals surface area contributed by atoms with Gasteiger partial charge in [-0.25, -0.2) is 0 Å². The molecule has 4 amide bonds. The van der Waals surface area contributed by atoms with Gasteiger partial charge >= 0.3 is 0 Å². The largest absolute Gasteiger partial charge is 0.507 e. The number of nitrogens with one attached hydrogen (secondary N) is 4. The summed E-state index contributed by atoms with van der Waals surface area (Å²) < 4.78 is 0.497. The number of hydrazine groups is 1. The topological polar surface area (TPSA) is 189 Å². The van der Waals surface area contributed by atoms with Crippen LogP contribution in [0.2, 0.25) is 0 Å². The van der Waals surface area contributed by atoms with Crippen LogP contribution in [0.1, 0.15) is 29.6 Å².